The number of hydrogen-bond donors (Lipinski definition) is 1. The van der Waals surface area contributed by atoms with E-state index in [1.54, 1.807) is 22.0 Å². The van der Waals surface area contributed by atoms with E-state index >= 15 is 0 Å². The number of likely N-dealkylation sites (tertiary alicyclic amines) is 1. The molecule has 196 valence electrons. The fraction of sp³-hybridized carbons (Fsp3) is 0.741. The summed E-state index contributed by atoms with van der Waals surface area (Å²) in [5.41, 5.74) is -1.10. The van der Waals surface area contributed by atoms with Gasteiger partial charge >= 0.3 is 5.97 Å². The summed E-state index contributed by atoms with van der Waals surface area (Å²) in [5.74, 6) is -2.54. The standard InChI is InChI=1S/C27H42N2O6/c1-7-10-11-15-34-26(33)21-20-12-13-27(35-20)22(21)24(31)29(19(16-30)18(6)9-3)23(27)25(32)28(14-8-2)17(4)5/h7-8,17-23,30H,1-2,9-16H2,3-6H3/t18-,19-,20+,21-,22-,23?,27?/m0/s1. The van der Waals surface area contributed by atoms with Gasteiger partial charge < -0.3 is 24.4 Å². The van der Waals surface area contributed by atoms with Gasteiger partial charge in [-0.25, -0.2) is 0 Å². The number of rotatable bonds is 13. The fourth-order valence-electron chi connectivity index (χ4n) is 6.16. The van der Waals surface area contributed by atoms with E-state index in [-0.39, 0.29) is 37.0 Å². The van der Waals surface area contributed by atoms with Crippen LogP contribution in [0.3, 0.4) is 0 Å². The quantitative estimate of drug-likeness (QED) is 0.242. The van der Waals surface area contributed by atoms with Crippen LogP contribution in [0.5, 0.6) is 0 Å². The first-order chi connectivity index (χ1) is 16.7. The Bertz CT molecular complexity index is 828. The molecule has 3 fully saturated rings. The van der Waals surface area contributed by atoms with Crippen molar-refractivity contribution in [3.05, 3.63) is 25.3 Å². The first-order valence-corrected chi connectivity index (χ1v) is 13.0. The zero-order chi connectivity index (χ0) is 25.9. The van der Waals surface area contributed by atoms with Gasteiger partial charge in [0.2, 0.25) is 11.8 Å². The third-order valence-electron chi connectivity index (χ3n) is 8.12. The minimum Gasteiger partial charge on any atom is -0.465 e. The lowest BCUT2D eigenvalue weighted by Crippen LogP contribution is -2.60. The zero-order valence-electron chi connectivity index (χ0n) is 21.7. The summed E-state index contributed by atoms with van der Waals surface area (Å²) in [6, 6.07) is -1.57. The normalized spacial score (nSPS) is 30.8. The Balaban J connectivity index is 2.03. The van der Waals surface area contributed by atoms with Gasteiger partial charge in [-0.3, -0.25) is 14.4 Å². The Morgan fingerprint density at radius 1 is 1.31 bits per heavy atom. The molecular weight excluding hydrogens is 448 g/mol. The lowest BCUT2D eigenvalue weighted by atomic mass is 9.70. The molecule has 3 rings (SSSR count). The molecule has 0 saturated carbocycles. The van der Waals surface area contributed by atoms with Crippen molar-refractivity contribution in [1.29, 1.82) is 0 Å². The van der Waals surface area contributed by atoms with Crippen molar-refractivity contribution in [2.75, 3.05) is 19.8 Å². The molecule has 0 aromatic heterocycles. The number of fused-ring (bicyclic) bond motifs is 1. The topological polar surface area (TPSA) is 96.4 Å². The Morgan fingerprint density at radius 3 is 2.60 bits per heavy atom. The van der Waals surface area contributed by atoms with Crippen LogP contribution in [-0.4, -0.2) is 82.3 Å². The van der Waals surface area contributed by atoms with Crippen LogP contribution in [0.1, 0.15) is 59.8 Å². The summed E-state index contributed by atoms with van der Waals surface area (Å²) in [4.78, 5) is 44.6. The van der Waals surface area contributed by atoms with Crippen LogP contribution < -0.4 is 0 Å². The number of unbranched alkanes of at least 4 members (excludes halogenated alkanes) is 1. The lowest BCUT2D eigenvalue weighted by Gasteiger charge is -2.41. The van der Waals surface area contributed by atoms with Crippen LogP contribution in [0.4, 0.5) is 0 Å². The van der Waals surface area contributed by atoms with Crippen LogP contribution in [0.2, 0.25) is 0 Å². The third-order valence-corrected chi connectivity index (χ3v) is 8.12. The number of aliphatic hydroxyl groups is 1. The maximum atomic E-state index is 14.1. The zero-order valence-corrected chi connectivity index (χ0v) is 21.7. The number of nitrogens with zero attached hydrogens (tertiary/aromatic N) is 2. The molecule has 35 heavy (non-hydrogen) atoms. The maximum Gasteiger partial charge on any atom is 0.312 e. The Hall–Kier alpha value is -2.19. The number of allylic oxidation sites excluding steroid dienone is 1. The molecule has 3 saturated heterocycles. The van der Waals surface area contributed by atoms with Crippen LogP contribution >= 0.6 is 0 Å². The summed E-state index contributed by atoms with van der Waals surface area (Å²) in [5, 5.41) is 10.4. The van der Waals surface area contributed by atoms with Gasteiger partial charge in [-0.2, -0.15) is 0 Å². The van der Waals surface area contributed by atoms with Gasteiger partial charge in [0.05, 0.1) is 37.2 Å². The van der Waals surface area contributed by atoms with Crippen LogP contribution in [0, 0.1) is 17.8 Å². The molecule has 2 amide bonds. The number of esters is 1. The molecule has 0 radical (unpaired) electrons. The Labute approximate surface area is 209 Å². The number of carbonyl (C=O) groups is 3. The molecule has 1 spiro atoms. The molecular formula is C27H42N2O6. The highest BCUT2D eigenvalue weighted by Crippen LogP contribution is 2.59. The molecule has 2 bridgehead atoms. The summed E-state index contributed by atoms with van der Waals surface area (Å²) >= 11 is 0. The molecule has 3 heterocycles. The molecule has 3 aliphatic heterocycles. The average molecular weight is 491 g/mol. The van der Waals surface area contributed by atoms with E-state index in [2.05, 4.69) is 13.2 Å². The summed E-state index contributed by atoms with van der Waals surface area (Å²) < 4.78 is 12.0. The van der Waals surface area contributed by atoms with Gasteiger partial charge in [0.1, 0.15) is 11.6 Å². The molecule has 8 nitrogen and oxygen atoms in total. The lowest BCUT2D eigenvalue weighted by molar-refractivity contribution is -0.157. The number of aliphatic hydroxyl groups excluding tert-OH is 1. The number of amides is 2. The van der Waals surface area contributed by atoms with Gasteiger partial charge in [0.15, 0.2) is 0 Å². The molecule has 3 aliphatic rings. The second kappa shape index (κ2) is 11.2. The maximum absolute atomic E-state index is 14.1. The number of ether oxygens (including phenoxy) is 2. The highest BCUT2D eigenvalue weighted by Gasteiger charge is 2.75. The SMILES string of the molecule is C=CCCCOC(=O)[C@@H]1[C@H]2C(=O)N([C@@H](CO)[C@@H](C)CC)C(C(=O)N(CC=C)C(C)C)C23CC[C@H]1O3. The molecule has 7 atom stereocenters. The highest BCUT2D eigenvalue weighted by molar-refractivity contribution is 5.98. The molecule has 0 aromatic rings. The molecule has 8 heteroatoms. The van der Waals surface area contributed by atoms with E-state index in [9.17, 15) is 19.5 Å². The predicted molar refractivity (Wildman–Crippen MR) is 132 cm³/mol. The molecule has 1 N–H and O–H groups in total. The Kier molecular flexibility index (Phi) is 8.81. The van der Waals surface area contributed by atoms with Crippen LogP contribution in [0.15, 0.2) is 25.3 Å². The molecule has 0 aromatic carbocycles. The van der Waals surface area contributed by atoms with E-state index in [1.807, 2.05) is 27.7 Å². The van der Waals surface area contributed by atoms with Crippen molar-refractivity contribution < 1.29 is 29.0 Å². The smallest absolute Gasteiger partial charge is 0.312 e. The second-order valence-electron chi connectivity index (χ2n) is 10.4. The second-order valence-corrected chi connectivity index (χ2v) is 10.4. The van der Waals surface area contributed by atoms with Gasteiger partial charge in [-0.1, -0.05) is 32.4 Å². The van der Waals surface area contributed by atoms with Crippen molar-refractivity contribution >= 4 is 17.8 Å². The van der Waals surface area contributed by atoms with Gasteiger partial charge in [0, 0.05) is 12.6 Å². The Morgan fingerprint density at radius 2 is 2.03 bits per heavy atom. The third kappa shape index (κ3) is 4.67. The van der Waals surface area contributed by atoms with Crippen molar-refractivity contribution in [3.63, 3.8) is 0 Å². The first kappa shape index (κ1) is 27.4. The van der Waals surface area contributed by atoms with Crippen LogP contribution in [-0.2, 0) is 23.9 Å². The summed E-state index contributed by atoms with van der Waals surface area (Å²) in [6.45, 7) is 15.6. The minimum absolute atomic E-state index is 0.0390. The van der Waals surface area contributed by atoms with Crippen LogP contribution in [0.25, 0.3) is 0 Å². The predicted octanol–water partition coefficient (Wildman–Crippen LogP) is 2.70. The van der Waals surface area contributed by atoms with Gasteiger partial charge in [0.25, 0.3) is 0 Å². The van der Waals surface area contributed by atoms with E-state index < -0.39 is 41.6 Å². The number of hydrogen-bond acceptors (Lipinski definition) is 6. The fourth-order valence-corrected chi connectivity index (χ4v) is 6.16. The van der Waals surface area contributed by atoms with E-state index in [4.69, 9.17) is 9.47 Å². The molecule has 2 unspecified atom stereocenters. The molecule has 0 aliphatic carbocycles. The van der Waals surface area contributed by atoms with Gasteiger partial charge in [-0.05, 0) is 45.4 Å². The highest BCUT2D eigenvalue weighted by atomic mass is 16.6. The summed E-state index contributed by atoms with van der Waals surface area (Å²) in [6.07, 6.45) is 6.22. The first-order valence-electron chi connectivity index (χ1n) is 13.0. The monoisotopic (exact) mass is 490 g/mol. The number of carbonyl (C=O) groups excluding carboxylic acids is 3. The average Bonchev–Trinajstić information content (AvgIpc) is 3.47. The van der Waals surface area contributed by atoms with Crippen molar-refractivity contribution in [3.8, 4) is 0 Å². The van der Waals surface area contributed by atoms with Crippen molar-refractivity contribution in [1.82, 2.24) is 9.80 Å². The minimum atomic E-state index is -1.10. The summed E-state index contributed by atoms with van der Waals surface area (Å²) in [7, 11) is 0. The van der Waals surface area contributed by atoms with Crippen molar-refractivity contribution in [2.24, 2.45) is 17.8 Å². The van der Waals surface area contributed by atoms with Crippen molar-refractivity contribution in [2.45, 2.75) is 89.6 Å². The largest absolute Gasteiger partial charge is 0.465 e. The van der Waals surface area contributed by atoms with E-state index in [0.29, 0.717) is 25.8 Å². The van der Waals surface area contributed by atoms with E-state index in [1.165, 1.54) is 0 Å². The van der Waals surface area contributed by atoms with E-state index in [0.717, 1.165) is 12.8 Å². The van der Waals surface area contributed by atoms with Gasteiger partial charge in [-0.15, -0.1) is 13.2 Å².